The molecule has 4 unspecified atom stereocenters. The van der Waals surface area contributed by atoms with Gasteiger partial charge in [0, 0.05) is 13.0 Å². The Hall–Kier alpha value is -2.73. The van der Waals surface area contributed by atoms with Crippen LogP contribution in [-0.4, -0.2) is 82.0 Å². The molecule has 0 radical (unpaired) electrons. The number of nitrogens with one attached hydrogen (secondary N) is 2. The van der Waals surface area contributed by atoms with E-state index in [4.69, 9.17) is 16.6 Å². The van der Waals surface area contributed by atoms with Crippen LogP contribution in [0.4, 0.5) is 0 Å². The van der Waals surface area contributed by atoms with Crippen molar-refractivity contribution >= 4 is 29.6 Å². The SMILES string of the molecule is CC(C)CC(NC(=O)C1CCCN1C(=O)C(N)CO)C(=O)NC(CCC(N)=O)C(=O)O. The molecule has 8 N–H and O–H groups in total. The number of aliphatic hydroxyl groups excluding tert-OH is 1. The van der Waals surface area contributed by atoms with Gasteiger partial charge in [-0.05, 0) is 31.6 Å². The van der Waals surface area contributed by atoms with Crippen LogP contribution in [0.2, 0.25) is 0 Å². The Balaban J connectivity index is 2.89. The number of hydrogen-bond donors (Lipinski definition) is 6. The number of hydrogen-bond acceptors (Lipinski definition) is 7. The predicted molar refractivity (Wildman–Crippen MR) is 109 cm³/mol. The Kier molecular flexibility index (Phi) is 10.4. The number of aliphatic hydroxyl groups is 1. The minimum Gasteiger partial charge on any atom is -0.480 e. The van der Waals surface area contributed by atoms with E-state index in [-0.39, 0.29) is 25.2 Å². The highest BCUT2D eigenvalue weighted by Gasteiger charge is 2.37. The molecule has 0 aromatic heterocycles. The van der Waals surface area contributed by atoms with E-state index in [2.05, 4.69) is 10.6 Å². The van der Waals surface area contributed by atoms with Crippen molar-refractivity contribution in [3.8, 4) is 0 Å². The lowest BCUT2D eigenvalue weighted by Gasteiger charge is -2.28. The van der Waals surface area contributed by atoms with Crippen molar-refractivity contribution in [3.63, 3.8) is 0 Å². The number of nitrogens with two attached hydrogens (primary N) is 2. The highest BCUT2D eigenvalue weighted by molar-refractivity contribution is 5.94. The summed E-state index contributed by atoms with van der Waals surface area (Å²) in [6.45, 7) is 3.42. The second-order valence-corrected chi connectivity index (χ2v) is 8.07. The van der Waals surface area contributed by atoms with Gasteiger partial charge in [0.15, 0.2) is 0 Å². The smallest absolute Gasteiger partial charge is 0.326 e. The number of likely N-dealkylation sites (tertiary alicyclic amines) is 1. The summed E-state index contributed by atoms with van der Waals surface area (Å²) in [5, 5.41) is 23.4. The minimum absolute atomic E-state index is 0.00549. The predicted octanol–water partition coefficient (Wildman–Crippen LogP) is -2.34. The first kappa shape index (κ1) is 26.3. The van der Waals surface area contributed by atoms with E-state index in [9.17, 15) is 29.1 Å². The number of carbonyl (C=O) groups excluding carboxylic acids is 4. The summed E-state index contributed by atoms with van der Waals surface area (Å²) in [6, 6.07) is -4.34. The molecule has 0 spiro atoms. The average Bonchev–Trinajstić information content (AvgIpc) is 3.18. The minimum atomic E-state index is -1.33. The van der Waals surface area contributed by atoms with Gasteiger partial charge in [-0.3, -0.25) is 19.2 Å². The Morgan fingerprint density at radius 2 is 1.77 bits per heavy atom. The number of rotatable bonds is 12. The molecule has 0 aliphatic carbocycles. The summed E-state index contributed by atoms with van der Waals surface area (Å²) in [6.07, 6.45) is 0.779. The van der Waals surface area contributed by atoms with E-state index in [0.29, 0.717) is 19.4 Å². The third kappa shape index (κ3) is 8.13. The summed E-state index contributed by atoms with van der Waals surface area (Å²) < 4.78 is 0. The van der Waals surface area contributed by atoms with Crippen LogP contribution < -0.4 is 22.1 Å². The van der Waals surface area contributed by atoms with Crippen LogP contribution in [0, 0.1) is 5.92 Å². The molecule has 1 saturated heterocycles. The first-order valence-electron chi connectivity index (χ1n) is 10.3. The van der Waals surface area contributed by atoms with Crippen LogP contribution in [0.15, 0.2) is 0 Å². The number of primary amides is 1. The summed E-state index contributed by atoms with van der Waals surface area (Å²) in [7, 11) is 0. The van der Waals surface area contributed by atoms with E-state index in [1.54, 1.807) is 0 Å². The maximum absolute atomic E-state index is 12.8. The van der Waals surface area contributed by atoms with Crippen molar-refractivity contribution in [1.29, 1.82) is 0 Å². The molecule has 0 saturated carbocycles. The van der Waals surface area contributed by atoms with Crippen LogP contribution >= 0.6 is 0 Å². The zero-order valence-corrected chi connectivity index (χ0v) is 17.9. The number of carboxylic acid groups (broad SMARTS) is 1. The molecule has 12 nitrogen and oxygen atoms in total. The van der Waals surface area contributed by atoms with E-state index in [1.165, 1.54) is 4.90 Å². The van der Waals surface area contributed by atoms with Gasteiger partial charge in [0.25, 0.3) is 0 Å². The van der Waals surface area contributed by atoms with Crippen molar-refractivity contribution in [2.75, 3.05) is 13.2 Å². The van der Waals surface area contributed by atoms with Gasteiger partial charge < -0.3 is 37.2 Å². The number of amides is 4. The highest BCUT2D eigenvalue weighted by atomic mass is 16.4. The lowest BCUT2D eigenvalue weighted by atomic mass is 10.0. The second-order valence-electron chi connectivity index (χ2n) is 8.07. The van der Waals surface area contributed by atoms with Gasteiger partial charge in [-0.15, -0.1) is 0 Å². The van der Waals surface area contributed by atoms with Crippen LogP contribution in [0.1, 0.15) is 46.0 Å². The fourth-order valence-electron chi connectivity index (χ4n) is 3.38. The van der Waals surface area contributed by atoms with Gasteiger partial charge in [-0.25, -0.2) is 4.79 Å². The Bertz CT molecular complexity index is 685. The first-order valence-corrected chi connectivity index (χ1v) is 10.3. The van der Waals surface area contributed by atoms with Gasteiger partial charge in [0.2, 0.25) is 23.6 Å². The van der Waals surface area contributed by atoms with Gasteiger partial charge in [0.1, 0.15) is 24.2 Å². The quantitative estimate of drug-likeness (QED) is 0.192. The third-order valence-electron chi connectivity index (χ3n) is 4.99. The van der Waals surface area contributed by atoms with Crippen molar-refractivity contribution in [3.05, 3.63) is 0 Å². The van der Waals surface area contributed by atoms with Crippen LogP contribution in [-0.2, 0) is 24.0 Å². The molecule has 1 fully saturated rings. The van der Waals surface area contributed by atoms with Gasteiger partial charge in [0.05, 0.1) is 6.61 Å². The zero-order valence-electron chi connectivity index (χ0n) is 17.9. The first-order chi connectivity index (χ1) is 14.5. The monoisotopic (exact) mass is 443 g/mol. The molecule has 0 bridgehead atoms. The Labute approximate surface area is 180 Å². The number of aliphatic carboxylic acids is 1. The van der Waals surface area contributed by atoms with E-state index in [0.717, 1.165) is 0 Å². The molecule has 1 aliphatic rings. The van der Waals surface area contributed by atoms with Gasteiger partial charge in [-0.2, -0.15) is 0 Å². The van der Waals surface area contributed by atoms with E-state index < -0.39 is 60.4 Å². The maximum atomic E-state index is 12.8. The largest absolute Gasteiger partial charge is 0.480 e. The molecule has 4 atom stereocenters. The van der Waals surface area contributed by atoms with Gasteiger partial charge >= 0.3 is 5.97 Å². The topological polar surface area (TPSA) is 205 Å². The molecule has 4 amide bonds. The zero-order chi connectivity index (χ0) is 23.7. The fraction of sp³-hybridized carbons (Fsp3) is 0.737. The number of carboxylic acids is 1. The fourth-order valence-corrected chi connectivity index (χ4v) is 3.38. The van der Waals surface area contributed by atoms with Crippen molar-refractivity contribution < 1.29 is 34.2 Å². The van der Waals surface area contributed by atoms with Crippen molar-refractivity contribution in [2.24, 2.45) is 17.4 Å². The van der Waals surface area contributed by atoms with Crippen LogP contribution in [0.5, 0.6) is 0 Å². The third-order valence-corrected chi connectivity index (χ3v) is 4.99. The van der Waals surface area contributed by atoms with Gasteiger partial charge in [-0.1, -0.05) is 13.8 Å². The Morgan fingerprint density at radius 3 is 2.29 bits per heavy atom. The highest BCUT2D eigenvalue weighted by Crippen LogP contribution is 2.19. The van der Waals surface area contributed by atoms with Crippen LogP contribution in [0.25, 0.3) is 0 Å². The molecule has 1 heterocycles. The molecule has 1 rings (SSSR count). The molecular formula is C19H33N5O7. The summed E-state index contributed by atoms with van der Waals surface area (Å²) >= 11 is 0. The molecule has 1 aliphatic heterocycles. The van der Waals surface area contributed by atoms with Crippen molar-refractivity contribution in [1.82, 2.24) is 15.5 Å². The number of carbonyl (C=O) groups is 5. The molecule has 12 heteroatoms. The molecule has 0 aromatic carbocycles. The van der Waals surface area contributed by atoms with E-state index in [1.807, 2.05) is 13.8 Å². The lowest BCUT2D eigenvalue weighted by Crippen LogP contribution is -2.57. The second kappa shape index (κ2) is 12.2. The summed E-state index contributed by atoms with van der Waals surface area (Å²) in [5.74, 6) is -3.84. The Morgan fingerprint density at radius 1 is 1.13 bits per heavy atom. The molecule has 176 valence electrons. The average molecular weight is 444 g/mol. The lowest BCUT2D eigenvalue weighted by molar-refractivity contribution is -0.143. The van der Waals surface area contributed by atoms with Crippen LogP contribution in [0.3, 0.4) is 0 Å². The van der Waals surface area contributed by atoms with Crippen molar-refractivity contribution in [2.45, 2.75) is 70.1 Å². The van der Waals surface area contributed by atoms with E-state index >= 15 is 0 Å². The molecular weight excluding hydrogens is 410 g/mol. The summed E-state index contributed by atoms with van der Waals surface area (Å²) in [5.41, 5.74) is 10.6. The maximum Gasteiger partial charge on any atom is 0.326 e. The number of nitrogens with zero attached hydrogens (tertiary/aromatic N) is 1. The standard InChI is InChI=1S/C19H33N5O7/c1-10(2)8-13(16(27)22-12(19(30)31)5-6-15(21)26)23-17(28)14-4-3-7-24(14)18(29)11(20)9-25/h10-14,25H,3-9,20H2,1-2H3,(H2,21,26)(H,22,27)(H,23,28)(H,30,31). The molecule has 0 aromatic rings. The molecule has 31 heavy (non-hydrogen) atoms. The summed E-state index contributed by atoms with van der Waals surface area (Å²) in [4.78, 5) is 61.5. The normalized spacial score (nSPS) is 18.9.